The predicted octanol–water partition coefficient (Wildman–Crippen LogP) is 3.68. The highest BCUT2D eigenvalue weighted by atomic mass is 16.6. The minimum atomic E-state index is -0.926. The SMILES string of the molecule is O=C(O)[C@@H]1CC(C2CCCCC2)CN1C(=O)OCc1ccccc1. The van der Waals surface area contributed by atoms with E-state index in [9.17, 15) is 14.7 Å². The Labute approximate surface area is 142 Å². The Morgan fingerprint density at radius 1 is 1.08 bits per heavy atom. The van der Waals surface area contributed by atoms with E-state index in [0.29, 0.717) is 18.9 Å². The molecule has 1 aliphatic heterocycles. The number of carboxylic acid groups (broad SMARTS) is 1. The summed E-state index contributed by atoms with van der Waals surface area (Å²) in [5.74, 6) is -0.0897. The maximum absolute atomic E-state index is 12.4. The quantitative estimate of drug-likeness (QED) is 0.914. The molecule has 2 atom stereocenters. The fraction of sp³-hybridized carbons (Fsp3) is 0.579. The van der Waals surface area contributed by atoms with Gasteiger partial charge in [0.05, 0.1) is 0 Å². The molecule has 5 heteroatoms. The maximum atomic E-state index is 12.4. The molecule has 24 heavy (non-hydrogen) atoms. The molecule has 1 N–H and O–H groups in total. The molecule has 0 bridgehead atoms. The third-order valence-corrected chi connectivity index (χ3v) is 5.37. The number of benzene rings is 1. The molecule has 1 aliphatic carbocycles. The third-order valence-electron chi connectivity index (χ3n) is 5.37. The van der Waals surface area contributed by atoms with Crippen molar-refractivity contribution < 1.29 is 19.4 Å². The minimum Gasteiger partial charge on any atom is -0.480 e. The summed E-state index contributed by atoms with van der Waals surface area (Å²) < 4.78 is 5.35. The second-order valence-electron chi connectivity index (χ2n) is 6.94. The fourth-order valence-electron chi connectivity index (χ4n) is 4.05. The van der Waals surface area contributed by atoms with Gasteiger partial charge in [-0.1, -0.05) is 62.4 Å². The first-order valence-corrected chi connectivity index (χ1v) is 8.85. The molecule has 1 saturated carbocycles. The lowest BCUT2D eigenvalue weighted by Crippen LogP contribution is -2.40. The van der Waals surface area contributed by atoms with Gasteiger partial charge in [-0.25, -0.2) is 9.59 Å². The van der Waals surface area contributed by atoms with Crippen molar-refractivity contribution in [2.24, 2.45) is 11.8 Å². The van der Waals surface area contributed by atoms with E-state index in [-0.39, 0.29) is 12.5 Å². The highest BCUT2D eigenvalue weighted by molar-refractivity contribution is 5.80. The number of ether oxygens (including phenoxy) is 1. The number of carboxylic acids is 1. The van der Waals surface area contributed by atoms with Gasteiger partial charge in [-0.15, -0.1) is 0 Å². The average Bonchev–Trinajstić information content (AvgIpc) is 3.07. The van der Waals surface area contributed by atoms with Crippen molar-refractivity contribution >= 4 is 12.1 Å². The Morgan fingerprint density at radius 3 is 2.46 bits per heavy atom. The van der Waals surface area contributed by atoms with Crippen molar-refractivity contribution in [1.29, 1.82) is 0 Å². The predicted molar refractivity (Wildman–Crippen MR) is 89.4 cm³/mol. The van der Waals surface area contributed by atoms with Crippen LogP contribution in [0.2, 0.25) is 0 Å². The Balaban J connectivity index is 1.61. The largest absolute Gasteiger partial charge is 0.480 e. The second kappa shape index (κ2) is 7.69. The lowest BCUT2D eigenvalue weighted by atomic mass is 9.79. The van der Waals surface area contributed by atoms with Crippen molar-refractivity contribution in [1.82, 2.24) is 4.90 Å². The summed E-state index contributed by atoms with van der Waals surface area (Å²) in [6.07, 6.45) is 6.07. The van der Waals surface area contributed by atoms with E-state index >= 15 is 0 Å². The van der Waals surface area contributed by atoms with Crippen LogP contribution in [0.15, 0.2) is 30.3 Å². The fourth-order valence-corrected chi connectivity index (χ4v) is 4.05. The highest BCUT2D eigenvalue weighted by Crippen LogP contribution is 2.37. The highest BCUT2D eigenvalue weighted by Gasteiger charge is 2.43. The normalized spacial score (nSPS) is 24.8. The van der Waals surface area contributed by atoms with E-state index in [4.69, 9.17) is 4.74 Å². The zero-order chi connectivity index (χ0) is 16.9. The smallest absolute Gasteiger partial charge is 0.410 e. The molecule has 130 valence electrons. The number of hydrogen-bond donors (Lipinski definition) is 1. The Bertz CT molecular complexity index is 568. The van der Waals surface area contributed by atoms with Crippen LogP contribution >= 0.6 is 0 Å². The molecule has 0 aromatic heterocycles. The topological polar surface area (TPSA) is 66.8 Å². The van der Waals surface area contributed by atoms with Gasteiger partial charge in [0.1, 0.15) is 12.6 Å². The molecular weight excluding hydrogens is 306 g/mol. The number of likely N-dealkylation sites (tertiary alicyclic amines) is 1. The number of hydrogen-bond acceptors (Lipinski definition) is 3. The zero-order valence-electron chi connectivity index (χ0n) is 13.9. The third kappa shape index (κ3) is 3.89. The van der Waals surface area contributed by atoms with E-state index < -0.39 is 18.1 Å². The number of carbonyl (C=O) groups excluding carboxylic acids is 1. The minimum absolute atomic E-state index is 0.177. The monoisotopic (exact) mass is 331 g/mol. The lowest BCUT2D eigenvalue weighted by Gasteiger charge is -2.27. The molecule has 1 aromatic carbocycles. The molecule has 2 fully saturated rings. The van der Waals surface area contributed by atoms with E-state index in [1.54, 1.807) is 0 Å². The number of carbonyl (C=O) groups is 2. The Kier molecular flexibility index (Phi) is 5.38. The van der Waals surface area contributed by atoms with Crippen molar-refractivity contribution in [2.45, 2.75) is 51.2 Å². The molecule has 5 nitrogen and oxygen atoms in total. The molecule has 0 radical (unpaired) electrons. The molecular formula is C19H25NO4. The Morgan fingerprint density at radius 2 is 1.79 bits per heavy atom. The summed E-state index contributed by atoms with van der Waals surface area (Å²) in [4.78, 5) is 25.4. The van der Waals surface area contributed by atoms with Crippen molar-refractivity contribution in [3.8, 4) is 0 Å². The molecule has 0 spiro atoms. The second-order valence-corrected chi connectivity index (χ2v) is 6.94. The number of rotatable bonds is 4. The molecule has 1 heterocycles. The van der Waals surface area contributed by atoms with Gasteiger partial charge in [0.15, 0.2) is 0 Å². The number of amides is 1. The van der Waals surface area contributed by atoms with Crippen LogP contribution in [0, 0.1) is 11.8 Å². The van der Waals surface area contributed by atoms with Gasteiger partial charge < -0.3 is 9.84 Å². The van der Waals surface area contributed by atoms with E-state index in [2.05, 4.69) is 0 Å². The van der Waals surface area contributed by atoms with Crippen molar-refractivity contribution in [3.63, 3.8) is 0 Å². The molecule has 1 amide bonds. The van der Waals surface area contributed by atoms with Gasteiger partial charge in [0.2, 0.25) is 0 Å². The first-order chi connectivity index (χ1) is 11.6. The van der Waals surface area contributed by atoms with Gasteiger partial charge in [0, 0.05) is 6.54 Å². The van der Waals surface area contributed by atoms with Crippen LogP contribution in [0.4, 0.5) is 4.79 Å². The van der Waals surface area contributed by atoms with Crippen molar-refractivity contribution in [2.75, 3.05) is 6.54 Å². The average molecular weight is 331 g/mol. The van der Waals surface area contributed by atoms with Gasteiger partial charge in [0.25, 0.3) is 0 Å². The first-order valence-electron chi connectivity index (χ1n) is 8.85. The molecule has 3 rings (SSSR count). The summed E-state index contributed by atoms with van der Waals surface area (Å²) in [5, 5.41) is 9.48. The summed E-state index contributed by atoms with van der Waals surface area (Å²) in [6, 6.07) is 8.70. The van der Waals surface area contributed by atoms with Crippen LogP contribution in [-0.4, -0.2) is 34.7 Å². The summed E-state index contributed by atoms with van der Waals surface area (Å²) >= 11 is 0. The van der Waals surface area contributed by atoms with Crippen LogP contribution in [0.25, 0.3) is 0 Å². The Hall–Kier alpha value is -2.04. The van der Waals surface area contributed by atoms with E-state index in [1.807, 2.05) is 30.3 Å². The van der Waals surface area contributed by atoms with Crippen LogP contribution in [0.1, 0.15) is 44.1 Å². The zero-order valence-corrected chi connectivity index (χ0v) is 13.9. The molecule has 1 aromatic rings. The van der Waals surface area contributed by atoms with Gasteiger partial charge in [-0.2, -0.15) is 0 Å². The van der Waals surface area contributed by atoms with Crippen LogP contribution in [0.3, 0.4) is 0 Å². The lowest BCUT2D eigenvalue weighted by molar-refractivity contribution is -0.141. The number of nitrogens with zero attached hydrogens (tertiary/aromatic N) is 1. The number of aliphatic carboxylic acids is 1. The van der Waals surface area contributed by atoms with Crippen LogP contribution in [0.5, 0.6) is 0 Å². The van der Waals surface area contributed by atoms with Crippen LogP contribution < -0.4 is 0 Å². The first kappa shape index (κ1) is 16.8. The maximum Gasteiger partial charge on any atom is 0.410 e. The van der Waals surface area contributed by atoms with Gasteiger partial charge in [-0.05, 0) is 23.8 Å². The van der Waals surface area contributed by atoms with E-state index in [1.165, 1.54) is 24.2 Å². The summed E-state index contributed by atoms with van der Waals surface area (Å²) in [5.41, 5.74) is 0.903. The molecule has 1 unspecified atom stereocenters. The molecule has 1 saturated heterocycles. The standard InChI is InChI=1S/C19H25NO4/c21-18(22)17-11-16(15-9-5-2-6-10-15)12-20(17)19(23)24-13-14-7-3-1-4-8-14/h1,3-4,7-8,15-17H,2,5-6,9-13H2,(H,21,22)/t16?,17-/m0/s1. The van der Waals surface area contributed by atoms with Crippen LogP contribution in [-0.2, 0) is 16.1 Å². The van der Waals surface area contributed by atoms with Gasteiger partial charge >= 0.3 is 12.1 Å². The summed E-state index contributed by atoms with van der Waals surface area (Å²) in [7, 11) is 0. The van der Waals surface area contributed by atoms with Crippen molar-refractivity contribution in [3.05, 3.63) is 35.9 Å². The van der Waals surface area contributed by atoms with E-state index in [0.717, 1.165) is 18.4 Å². The molecule has 2 aliphatic rings. The summed E-state index contributed by atoms with van der Waals surface area (Å²) in [6.45, 7) is 0.686. The van der Waals surface area contributed by atoms with Gasteiger partial charge in [-0.3, -0.25) is 4.90 Å².